The number of aryl methyl sites for hydroxylation is 1. The molecule has 2 aliphatic heterocycles. The van der Waals surface area contributed by atoms with Crippen LogP contribution in [0.4, 0.5) is 11.8 Å². The largest absolute Gasteiger partial charge is 0.474 e. The molecule has 1 N–H and O–H groups in total. The third kappa shape index (κ3) is 5.08. The molecule has 3 aromatic heterocycles. The average Bonchev–Trinajstić information content (AvgIpc) is 2.90. The van der Waals surface area contributed by atoms with E-state index in [1.807, 2.05) is 12.4 Å². The van der Waals surface area contributed by atoms with E-state index >= 15 is 0 Å². The van der Waals surface area contributed by atoms with Gasteiger partial charge in [-0.05, 0) is 51.3 Å². The van der Waals surface area contributed by atoms with Crippen LogP contribution in [0.2, 0.25) is 0 Å². The van der Waals surface area contributed by atoms with Crippen molar-refractivity contribution in [3.63, 3.8) is 0 Å². The van der Waals surface area contributed by atoms with Crippen molar-refractivity contribution >= 4 is 22.7 Å². The number of anilines is 2. The van der Waals surface area contributed by atoms with Crippen LogP contribution in [0.3, 0.4) is 0 Å². The Morgan fingerprint density at radius 1 is 1.00 bits per heavy atom. The molecule has 5 heterocycles. The summed E-state index contributed by atoms with van der Waals surface area (Å²) in [5.41, 5.74) is 4.47. The van der Waals surface area contributed by atoms with Crippen molar-refractivity contribution in [2.45, 2.75) is 57.7 Å². The topological polar surface area (TPSA) is 88.5 Å². The highest BCUT2D eigenvalue weighted by Crippen LogP contribution is 2.32. The first-order chi connectivity index (χ1) is 17.6. The summed E-state index contributed by atoms with van der Waals surface area (Å²) in [6.45, 7) is 7.16. The molecule has 3 aliphatic rings. The van der Waals surface area contributed by atoms with E-state index in [4.69, 9.17) is 19.4 Å². The lowest BCUT2D eigenvalue weighted by atomic mass is 9.93. The third-order valence-corrected chi connectivity index (χ3v) is 7.51. The molecule has 0 amide bonds. The number of nitrogens with one attached hydrogen (secondary N) is 1. The highest BCUT2D eigenvalue weighted by molar-refractivity contribution is 5.86. The van der Waals surface area contributed by atoms with Crippen LogP contribution in [0, 0.1) is 6.92 Å². The summed E-state index contributed by atoms with van der Waals surface area (Å²) in [6, 6.07) is 4.57. The first kappa shape index (κ1) is 23.4. The van der Waals surface area contributed by atoms with E-state index in [0.29, 0.717) is 11.9 Å². The molecule has 0 spiro atoms. The van der Waals surface area contributed by atoms with Gasteiger partial charge in [-0.1, -0.05) is 0 Å². The molecular weight excluding hydrogens is 454 g/mol. The van der Waals surface area contributed by atoms with E-state index in [1.165, 1.54) is 11.3 Å². The fourth-order valence-corrected chi connectivity index (χ4v) is 5.42. The molecule has 3 aromatic rings. The Morgan fingerprint density at radius 2 is 1.83 bits per heavy atom. The lowest BCUT2D eigenvalue weighted by molar-refractivity contribution is 0.122. The van der Waals surface area contributed by atoms with E-state index < -0.39 is 0 Å². The molecule has 36 heavy (non-hydrogen) atoms. The molecule has 0 aromatic carbocycles. The number of morpholine rings is 1. The van der Waals surface area contributed by atoms with Crippen molar-refractivity contribution in [2.75, 3.05) is 50.1 Å². The predicted octanol–water partition coefficient (Wildman–Crippen LogP) is 3.35. The SMILES string of the molecule is Cc1cnc2cc(N3CCOCC3)nc(O[C@H]3CC[C@@H](Nc4ncc5c(n4)CCN(C)C5)CC3)c2c1. The summed E-state index contributed by atoms with van der Waals surface area (Å²) in [5, 5.41) is 4.57. The second kappa shape index (κ2) is 10.1. The maximum atomic E-state index is 6.57. The highest BCUT2D eigenvalue weighted by Gasteiger charge is 2.25. The monoisotopic (exact) mass is 489 g/mol. The Kier molecular flexibility index (Phi) is 6.58. The van der Waals surface area contributed by atoms with Gasteiger partial charge in [0, 0.05) is 62.7 Å². The Bertz CT molecular complexity index is 1220. The molecule has 1 saturated heterocycles. The van der Waals surface area contributed by atoms with Crippen molar-refractivity contribution in [2.24, 2.45) is 0 Å². The summed E-state index contributed by atoms with van der Waals surface area (Å²) < 4.78 is 12.1. The van der Waals surface area contributed by atoms with E-state index in [2.05, 4.69) is 51.2 Å². The van der Waals surface area contributed by atoms with E-state index in [-0.39, 0.29) is 6.10 Å². The van der Waals surface area contributed by atoms with Crippen LogP contribution in [-0.4, -0.2) is 76.9 Å². The first-order valence-corrected chi connectivity index (χ1v) is 13.2. The number of rotatable bonds is 5. The molecule has 9 nitrogen and oxygen atoms in total. The van der Waals surface area contributed by atoms with E-state index in [9.17, 15) is 0 Å². The number of ether oxygens (including phenoxy) is 2. The minimum absolute atomic E-state index is 0.138. The second-order valence-electron chi connectivity index (χ2n) is 10.4. The van der Waals surface area contributed by atoms with E-state index in [0.717, 1.165) is 99.7 Å². The highest BCUT2D eigenvalue weighted by atomic mass is 16.5. The summed E-state index contributed by atoms with van der Waals surface area (Å²) in [7, 11) is 2.14. The summed E-state index contributed by atoms with van der Waals surface area (Å²) in [6.07, 6.45) is 9.01. The zero-order valence-electron chi connectivity index (χ0n) is 21.2. The van der Waals surface area contributed by atoms with Gasteiger partial charge in [0.05, 0.1) is 29.8 Å². The minimum Gasteiger partial charge on any atom is -0.474 e. The summed E-state index contributed by atoms with van der Waals surface area (Å²) >= 11 is 0. The molecular formula is C27H35N7O2. The lowest BCUT2D eigenvalue weighted by Gasteiger charge is -2.31. The smallest absolute Gasteiger partial charge is 0.225 e. The van der Waals surface area contributed by atoms with Gasteiger partial charge in [-0.15, -0.1) is 0 Å². The molecule has 190 valence electrons. The Morgan fingerprint density at radius 3 is 2.67 bits per heavy atom. The lowest BCUT2D eigenvalue weighted by Crippen LogP contribution is -2.37. The molecule has 0 unspecified atom stereocenters. The molecule has 0 radical (unpaired) electrons. The van der Waals surface area contributed by atoms with Gasteiger partial charge in [0.25, 0.3) is 0 Å². The fraction of sp³-hybridized carbons (Fsp3) is 0.556. The average molecular weight is 490 g/mol. The van der Waals surface area contributed by atoms with Crippen LogP contribution in [-0.2, 0) is 17.7 Å². The van der Waals surface area contributed by atoms with Gasteiger partial charge >= 0.3 is 0 Å². The number of hydrogen-bond donors (Lipinski definition) is 1. The van der Waals surface area contributed by atoms with Crippen molar-refractivity contribution < 1.29 is 9.47 Å². The van der Waals surface area contributed by atoms with Gasteiger partial charge in [0.1, 0.15) is 11.9 Å². The molecule has 6 rings (SSSR count). The molecule has 9 heteroatoms. The molecule has 0 bridgehead atoms. The Balaban J connectivity index is 1.13. The quantitative estimate of drug-likeness (QED) is 0.579. The van der Waals surface area contributed by atoms with Crippen molar-refractivity contribution in [1.82, 2.24) is 24.8 Å². The molecule has 2 fully saturated rings. The maximum Gasteiger partial charge on any atom is 0.225 e. The molecule has 1 saturated carbocycles. The fourth-order valence-electron chi connectivity index (χ4n) is 5.42. The Hall–Kier alpha value is -3.04. The number of aromatic nitrogens is 4. The third-order valence-electron chi connectivity index (χ3n) is 7.51. The number of fused-ring (bicyclic) bond motifs is 2. The van der Waals surface area contributed by atoms with Gasteiger partial charge in [0.15, 0.2) is 0 Å². The van der Waals surface area contributed by atoms with Crippen LogP contribution < -0.4 is 15.0 Å². The van der Waals surface area contributed by atoms with Crippen molar-refractivity contribution in [3.05, 3.63) is 41.3 Å². The van der Waals surface area contributed by atoms with Gasteiger partial charge < -0.3 is 24.6 Å². The standard InChI is InChI=1S/C27H35N7O2/c1-18-13-22-24(28-15-18)14-25(34-9-11-35-12-10-34)32-26(22)36-21-5-3-20(4-6-21)30-27-29-16-19-17-33(2)8-7-23(19)31-27/h13-16,20-21H,3-12,17H2,1-2H3,(H,29,30,31)/t20-,21+. The molecule has 1 aliphatic carbocycles. The summed E-state index contributed by atoms with van der Waals surface area (Å²) in [5.74, 6) is 2.38. The Labute approximate surface area is 212 Å². The van der Waals surface area contributed by atoms with Crippen LogP contribution in [0.5, 0.6) is 5.88 Å². The molecule has 0 atom stereocenters. The second-order valence-corrected chi connectivity index (χ2v) is 10.4. The van der Waals surface area contributed by atoms with Crippen LogP contribution in [0.1, 0.15) is 42.5 Å². The number of nitrogens with zero attached hydrogens (tertiary/aromatic N) is 6. The number of hydrogen-bond acceptors (Lipinski definition) is 9. The first-order valence-electron chi connectivity index (χ1n) is 13.2. The van der Waals surface area contributed by atoms with E-state index in [1.54, 1.807) is 0 Å². The number of pyridine rings is 2. The number of likely N-dealkylation sites (N-methyl/N-ethyl adjacent to an activating group) is 1. The normalized spacial score (nSPS) is 22.9. The minimum atomic E-state index is 0.138. The van der Waals surface area contributed by atoms with Gasteiger partial charge in [-0.3, -0.25) is 4.98 Å². The van der Waals surface area contributed by atoms with Gasteiger partial charge in [-0.2, -0.15) is 4.98 Å². The van der Waals surface area contributed by atoms with Gasteiger partial charge in [0.2, 0.25) is 11.8 Å². The van der Waals surface area contributed by atoms with Crippen LogP contribution >= 0.6 is 0 Å². The van der Waals surface area contributed by atoms with Crippen molar-refractivity contribution in [3.8, 4) is 5.88 Å². The van der Waals surface area contributed by atoms with Crippen LogP contribution in [0.25, 0.3) is 10.9 Å². The zero-order valence-corrected chi connectivity index (χ0v) is 21.2. The summed E-state index contributed by atoms with van der Waals surface area (Å²) in [4.78, 5) is 23.6. The predicted molar refractivity (Wildman–Crippen MR) is 140 cm³/mol. The zero-order chi connectivity index (χ0) is 24.5. The van der Waals surface area contributed by atoms with Gasteiger partial charge in [-0.25, -0.2) is 9.97 Å². The maximum absolute atomic E-state index is 6.57. The van der Waals surface area contributed by atoms with Crippen LogP contribution in [0.15, 0.2) is 24.5 Å². The van der Waals surface area contributed by atoms with Crippen molar-refractivity contribution in [1.29, 1.82) is 0 Å².